The molecule has 0 aliphatic heterocycles. The van der Waals surface area contributed by atoms with E-state index in [-0.39, 0.29) is 0 Å². The highest BCUT2D eigenvalue weighted by atomic mass is 14.9. The number of hydrogen-bond acceptors (Lipinski definition) is 1. The number of pyridine rings is 1. The molecule has 84 valence electrons. The van der Waals surface area contributed by atoms with Crippen LogP contribution in [-0.2, 0) is 0 Å². The Hall–Kier alpha value is -2.22. The summed E-state index contributed by atoms with van der Waals surface area (Å²) in [5.74, 6) is 0. The first-order valence-corrected chi connectivity index (χ1v) is 5.68. The number of nitrogen functional groups attached to an aromatic ring is 1. The van der Waals surface area contributed by atoms with Crippen molar-refractivity contribution in [2.75, 3.05) is 5.73 Å². The van der Waals surface area contributed by atoms with Crippen molar-refractivity contribution in [2.45, 2.75) is 6.92 Å². The quantitative estimate of drug-likeness (QED) is 0.627. The number of fused-ring (bicyclic) bond motifs is 1. The largest absolute Gasteiger partial charge is 0.398 e. The Balaban J connectivity index is 2.26. The van der Waals surface area contributed by atoms with Crippen molar-refractivity contribution in [3.63, 3.8) is 0 Å². The van der Waals surface area contributed by atoms with Crippen LogP contribution in [0.15, 0.2) is 54.9 Å². The van der Waals surface area contributed by atoms with Gasteiger partial charge in [0, 0.05) is 34.7 Å². The van der Waals surface area contributed by atoms with E-state index in [1.807, 2.05) is 18.2 Å². The lowest BCUT2D eigenvalue weighted by molar-refractivity contribution is 1.18. The van der Waals surface area contributed by atoms with Crippen molar-refractivity contribution < 1.29 is 0 Å². The third-order valence-corrected chi connectivity index (χ3v) is 3.12. The summed E-state index contributed by atoms with van der Waals surface area (Å²) in [6, 6.07) is 14.3. The van der Waals surface area contributed by atoms with Crippen molar-refractivity contribution >= 4 is 11.2 Å². The van der Waals surface area contributed by atoms with Gasteiger partial charge in [0.1, 0.15) is 0 Å². The molecule has 0 spiro atoms. The van der Waals surface area contributed by atoms with Crippen LogP contribution in [0.4, 0.5) is 5.69 Å². The van der Waals surface area contributed by atoms with Crippen molar-refractivity contribution in [3.05, 3.63) is 60.4 Å². The van der Waals surface area contributed by atoms with E-state index in [1.165, 1.54) is 11.1 Å². The van der Waals surface area contributed by atoms with E-state index in [0.29, 0.717) is 0 Å². The van der Waals surface area contributed by atoms with E-state index < -0.39 is 0 Å². The molecule has 0 saturated carbocycles. The Labute approximate surface area is 100 Å². The Morgan fingerprint density at radius 1 is 1.06 bits per heavy atom. The second-order valence-corrected chi connectivity index (χ2v) is 4.30. The molecule has 0 fully saturated rings. The summed E-state index contributed by atoms with van der Waals surface area (Å²) in [6.45, 7) is 2.12. The molecule has 3 aromatic rings. The van der Waals surface area contributed by atoms with Gasteiger partial charge in [0.05, 0.1) is 0 Å². The van der Waals surface area contributed by atoms with Gasteiger partial charge in [0.2, 0.25) is 0 Å². The second-order valence-electron chi connectivity index (χ2n) is 4.30. The Morgan fingerprint density at radius 2 is 1.88 bits per heavy atom. The fourth-order valence-corrected chi connectivity index (χ4v) is 2.19. The lowest BCUT2D eigenvalue weighted by Crippen LogP contribution is -1.87. The Kier molecular flexibility index (Phi) is 2.15. The summed E-state index contributed by atoms with van der Waals surface area (Å²) in [4.78, 5) is 0. The van der Waals surface area contributed by atoms with Crippen LogP contribution < -0.4 is 5.73 Å². The number of nitrogens with two attached hydrogens (primary N) is 1. The van der Waals surface area contributed by atoms with E-state index in [0.717, 1.165) is 16.8 Å². The molecule has 0 amide bonds. The maximum Gasteiger partial charge on any atom is 0.0485 e. The van der Waals surface area contributed by atoms with E-state index in [2.05, 4.69) is 48.0 Å². The molecule has 0 unspecified atom stereocenters. The fourth-order valence-electron chi connectivity index (χ4n) is 2.19. The van der Waals surface area contributed by atoms with Crippen LogP contribution in [-0.4, -0.2) is 4.40 Å². The molecular weight excluding hydrogens is 208 g/mol. The summed E-state index contributed by atoms with van der Waals surface area (Å²) in [5.41, 5.74) is 11.6. The highest BCUT2D eigenvalue weighted by Crippen LogP contribution is 2.28. The highest BCUT2D eigenvalue weighted by Gasteiger charge is 2.05. The summed E-state index contributed by atoms with van der Waals surface area (Å²) in [7, 11) is 0. The van der Waals surface area contributed by atoms with Crippen LogP contribution in [0.1, 0.15) is 5.56 Å². The van der Waals surface area contributed by atoms with Crippen LogP contribution in [0.3, 0.4) is 0 Å². The summed E-state index contributed by atoms with van der Waals surface area (Å²) < 4.78 is 2.14. The average molecular weight is 222 g/mol. The van der Waals surface area contributed by atoms with Crippen LogP contribution in [0.2, 0.25) is 0 Å². The van der Waals surface area contributed by atoms with Gasteiger partial charge in [-0.2, -0.15) is 0 Å². The minimum atomic E-state index is 0.820. The third kappa shape index (κ3) is 1.58. The molecule has 2 N–H and O–H groups in total. The van der Waals surface area contributed by atoms with Gasteiger partial charge in [-0.25, -0.2) is 0 Å². The zero-order chi connectivity index (χ0) is 11.8. The minimum absolute atomic E-state index is 0.820. The lowest BCUT2D eigenvalue weighted by atomic mass is 10.1. The van der Waals surface area contributed by atoms with Crippen molar-refractivity contribution in [2.24, 2.45) is 0 Å². The molecule has 2 nitrogen and oxygen atoms in total. The maximum atomic E-state index is 6.00. The van der Waals surface area contributed by atoms with Gasteiger partial charge in [-0.3, -0.25) is 0 Å². The first kappa shape index (κ1) is 9.97. The molecule has 0 radical (unpaired) electrons. The van der Waals surface area contributed by atoms with Gasteiger partial charge in [-0.15, -0.1) is 0 Å². The van der Waals surface area contributed by atoms with Gasteiger partial charge in [-0.05, 0) is 30.7 Å². The van der Waals surface area contributed by atoms with Gasteiger partial charge in [0.25, 0.3) is 0 Å². The SMILES string of the molecule is Cc1cccn2cc(-c3ccccc3N)cc12. The van der Waals surface area contributed by atoms with Crippen molar-refractivity contribution in [1.82, 2.24) is 4.40 Å². The van der Waals surface area contributed by atoms with Gasteiger partial charge in [0.15, 0.2) is 0 Å². The van der Waals surface area contributed by atoms with E-state index in [4.69, 9.17) is 5.73 Å². The van der Waals surface area contributed by atoms with Gasteiger partial charge >= 0.3 is 0 Å². The summed E-state index contributed by atoms with van der Waals surface area (Å²) in [5, 5.41) is 0. The lowest BCUT2D eigenvalue weighted by Gasteiger charge is -2.01. The predicted molar refractivity (Wildman–Crippen MR) is 72.0 cm³/mol. The first-order chi connectivity index (χ1) is 8.25. The number of hydrogen-bond donors (Lipinski definition) is 1. The monoisotopic (exact) mass is 222 g/mol. The number of rotatable bonds is 1. The number of para-hydroxylation sites is 1. The highest BCUT2D eigenvalue weighted by molar-refractivity contribution is 5.80. The molecule has 17 heavy (non-hydrogen) atoms. The molecule has 0 bridgehead atoms. The second kappa shape index (κ2) is 3.67. The van der Waals surface area contributed by atoms with E-state index >= 15 is 0 Å². The van der Waals surface area contributed by atoms with Crippen LogP contribution in [0, 0.1) is 6.92 Å². The smallest absolute Gasteiger partial charge is 0.0485 e. The van der Waals surface area contributed by atoms with Crippen molar-refractivity contribution in [1.29, 1.82) is 0 Å². The molecule has 0 aliphatic carbocycles. The van der Waals surface area contributed by atoms with Gasteiger partial charge in [-0.1, -0.05) is 24.3 Å². The molecule has 3 rings (SSSR count). The van der Waals surface area contributed by atoms with Crippen LogP contribution >= 0.6 is 0 Å². The zero-order valence-corrected chi connectivity index (χ0v) is 9.72. The summed E-state index contributed by atoms with van der Waals surface area (Å²) >= 11 is 0. The topological polar surface area (TPSA) is 30.4 Å². The standard InChI is InChI=1S/C15H14N2/c1-11-5-4-8-17-10-12(9-15(11)17)13-6-2-3-7-14(13)16/h2-10H,16H2,1H3. The Bertz CT molecular complexity index is 680. The molecule has 0 aliphatic rings. The normalized spacial score (nSPS) is 10.9. The van der Waals surface area contributed by atoms with Gasteiger partial charge < -0.3 is 10.1 Å². The number of aryl methyl sites for hydroxylation is 1. The maximum absolute atomic E-state index is 6.00. The fraction of sp³-hybridized carbons (Fsp3) is 0.0667. The number of aromatic nitrogens is 1. The molecule has 2 heteroatoms. The number of benzene rings is 1. The molecule has 2 heterocycles. The zero-order valence-electron chi connectivity index (χ0n) is 9.72. The first-order valence-electron chi connectivity index (χ1n) is 5.68. The molecule has 2 aromatic heterocycles. The van der Waals surface area contributed by atoms with Crippen LogP contribution in [0.5, 0.6) is 0 Å². The van der Waals surface area contributed by atoms with Crippen molar-refractivity contribution in [3.8, 4) is 11.1 Å². The third-order valence-electron chi connectivity index (χ3n) is 3.12. The number of anilines is 1. The minimum Gasteiger partial charge on any atom is -0.398 e. The van der Waals surface area contributed by atoms with Crippen LogP contribution in [0.25, 0.3) is 16.6 Å². The molecular formula is C15H14N2. The molecule has 0 saturated heterocycles. The van der Waals surface area contributed by atoms with E-state index in [1.54, 1.807) is 0 Å². The predicted octanol–water partition coefficient (Wildman–Crippen LogP) is 3.50. The van der Waals surface area contributed by atoms with E-state index in [9.17, 15) is 0 Å². The molecule has 1 aromatic carbocycles. The molecule has 0 atom stereocenters. The summed E-state index contributed by atoms with van der Waals surface area (Å²) in [6.07, 6.45) is 4.18. The number of nitrogens with zero attached hydrogens (tertiary/aromatic N) is 1. The average Bonchev–Trinajstić information content (AvgIpc) is 2.75. The Morgan fingerprint density at radius 3 is 2.65 bits per heavy atom.